The van der Waals surface area contributed by atoms with Gasteiger partial charge in [0.2, 0.25) is 0 Å². The zero-order valence-electron chi connectivity index (χ0n) is 6.79. The van der Waals surface area contributed by atoms with Gasteiger partial charge >= 0.3 is 0 Å². The summed E-state index contributed by atoms with van der Waals surface area (Å²) in [5.74, 6) is 0.188. The van der Waals surface area contributed by atoms with Crippen molar-refractivity contribution < 1.29 is 14.3 Å². The molecular formula is C8H14O3. The topological polar surface area (TPSA) is 35.5 Å². The third-order valence-electron chi connectivity index (χ3n) is 1.79. The maximum absolute atomic E-state index is 10.1. The van der Waals surface area contributed by atoms with Crippen LogP contribution in [0.1, 0.15) is 19.8 Å². The van der Waals surface area contributed by atoms with Crippen molar-refractivity contribution in [3.05, 3.63) is 0 Å². The molecule has 1 heterocycles. The van der Waals surface area contributed by atoms with Crippen molar-refractivity contribution >= 4 is 6.29 Å². The molecule has 0 aliphatic carbocycles. The van der Waals surface area contributed by atoms with E-state index in [0.29, 0.717) is 6.42 Å². The summed E-state index contributed by atoms with van der Waals surface area (Å²) >= 11 is 0. The van der Waals surface area contributed by atoms with E-state index in [-0.39, 0.29) is 12.2 Å². The van der Waals surface area contributed by atoms with Crippen LogP contribution in [0.2, 0.25) is 0 Å². The minimum atomic E-state index is -0.158. The van der Waals surface area contributed by atoms with Crippen molar-refractivity contribution in [3.8, 4) is 0 Å². The molecule has 1 unspecified atom stereocenters. The number of ether oxygens (including phenoxy) is 2. The molecule has 3 heteroatoms. The molecule has 0 aromatic carbocycles. The van der Waals surface area contributed by atoms with Gasteiger partial charge in [0, 0.05) is 12.3 Å². The highest BCUT2D eigenvalue weighted by atomic mass is 16.7. The first-order chi connectivity index (χ1) is 5.34. The van der Waals surface area contributed by atoms with E-state index >= 15 is 0 Å². The van der Waals surface area contributed by atoms with Gasteiger partial charge in [-0.2, -0.15) is 0 Å². The van der Waals surface area contributed by atoms with E-state index in [1.165, 1.54) is 0 Å². The number of hydrogen-bond acceptors (Lipinski definition) is 3. The summed E-state index contributed by atoms with van der Waals surface area (Å²) in [7, 11) is 0. The molecular weight excluding hydrogens is 144 g/mol. The third-order valence-corrected chi connectivity index (χ3v) is 1.79. The lowest BCUT2D eigenvalue weighted by Crippen LogP contribution is -2.30. The van der Waals surface area contributed by atoms with E-state index < -0.39 is 0 Å². The van der Waals surface area contributed by atoms with Gasteiger partial charge in [0.05, 0.1) is 13.2 Å². The summed E-state index contributed by atoms with van der Waals surface area (Å²) in [4.78, 5) is 10.1. The van der Waals surface area contributed by atoms with Gasteiger partial charge in [0.15, 0.2) is 6.29 Å². The fraction of sp³-hybridized carbons (Fsp3) is 0.875. The van der Waals surface area contributed by atoms with Crippen LogP contribution < -0.4 is 0 Å². The molecule has 64 valence electrons. The fourth-order valence-electron chi connectivity index (χ4n) is 1.10. The van der Waals surface area contributed by atoms with E-state index in [0.717, 1.165) is 25.9 Å². The second kappa shape index (κ2) is 4.46. The molecule has 0 aromatic rings. The predicted molar refractivity (Wildman–Crippen MR) is 40.2 cm³/mol. The maximum Gasteiger partial charge on any atom is 0.160 e. The Labute approximate surface area is 66.7 Å². The SMILES string of the molecule is CC(CC=O)C1OCCCO1. The van der Waals surface area contributed by atoms with Crippen LogP contribution in [0, 0.1) is 5.92 Å². The van der Waals surface area contributed by atoms with Gasteiger partial charge < -0.3 is 14.3 Å². The van der Waals surface area contributed by atoms with Gasteiger partial charge in [-0.05, 0) is 6.42 Å². The van der Waals surface area contributed by atoms with Gasteiger partial charge in [-0.15, -0.1) is 0 Å². The van der Waals surface area contributed by atoms with E-state index in [4.69, 9.17) is 9.47 Å². The van der Waals surface area contributed by atoms with Gasteiger partial charge in [-0.1, -0.05) is 6.92 Å². The average molecular weight is 158 g/mol. The lowest BCUT2D eigenvalue weighted by molar-refractivity contribution is -0.202. The molecule has 0 bridgehead atoms. The third kappa shape index (κ3) is 2.60. The summed E-state index contributed by atoms with van der Waals surface area (Å²) < 4.78 is 10.6. The van der Waals surface area contributed by atoms with Crippen LogP contribution in [0.5, 0.6) is 0 Å². The Hall–Kier alpha value is -0.410. The molecule has 3 nitrogen and oxygen atoms in total. The standard InChI is InChI=1S/C8H14O3/c1-7(3-4-9)8-10-5-2-6-11-8/h4,7-8H,2-3,5-6H2,1H3. The number of carbonyl (C=O) groups is 1. The number of carbonyl (C=O) groups excluding carboxylic acids is 1. The van der Waals surface area contributed by atoms with Gasteiger partial charge in [-0.25, -0.2) is 0 Å². The Morgan fingerprint density at radius 2 is 2.18 bits per heavy atom. The first kappa shape index (κ1) is 8.68. The van der Waals surface area contributed by atoms with Crippen LogP contribution in [-0.2, 0) is 14.3 Å². The van der Waals surface area contributed by atoms with Crippen molar-refractivity contribution in [3.63, 3.8) is 0 Å². The van der Waals surface area contributed by atoms with Gasteiger partial charge in [0.1, 0.15) is 6.29 Å². The molecule has 0 radical (unpaired) electrons. The molecule has 1 rings (SSSR count). The Kier molecular flexibility index (Phi) is 3.52. The van der Waals surface area contributed by atoms with Crippen LogP contribution in [0.4, 0.5) is 0 Å². The zero-order chi connectivity index (χ0) is 8.10. The zero-order valence-corrected chi connectivity index (χ0v) is 6.79. The molecule has 1 atom stereocenters. The molecule has 0 aromatic heterocycles. The average Bonchev–Trinajstić information content (AvgIpc) is 2.07. The lowest BCUT2D eigenvalue weighted by atomic mass is 10.1. The molecule has 1 fully saturated rings. The smallest absolute Gasteiger partial charge is 0.160 e. The highest BCUT2D eigenvalue weighted by Gasteiger charge is 2.20. The van der Waals surface area contributed by atoms with Gasteiger partial charge in [0.25, 0.3) is 0 Å². The Morgan fingerprint density at radius 3 is 2.73 bits per heavy atom. The maximum atomic E-state index is 10.1. The summed E-state index contributed by atoms with van der Waals surface area (Å²) in [6.07, 6.45) is 2.23. The molecule has 0 spiro atoms. The van der Waals surface area contributed by atoms with Crippen molar-refractivity contribution in [1.29, 1.82) is 0 Å². The van der Waals surface area contributed by atoms with E-state index in [9.17, 15) is 4.79 Å². The second-order valence-electron chi connectivity index (χ2n) is 2.84. The first-order valence-electron chi connectivity index (χ1n) is 4.01. The summed E-state index contributed by atoms with van der Waals surface area (Å²) in [6, 6.07) is 0. The predicted octanol–water partition coefficient (Wildman–Crippen LogP) is 0.974. The van der Waals surface area contributed by atoms with E-state index in [1.54, 1.807) is 0 Å². The summed E-state index contributed by atoms with van der Waals surface area (Å²) in [5, 5.41) is 0. The monoisotopic (exact) mass is 158 g/mol. The quantitative estimate of drug-likeness (QED) is 0.574. The minimum Gasteiger partial charge on any atom is -0.352 e. The van der Waals surface area contributed by atoms with Crippen LogP contribution in [-0.4, -0.2) is 25.8 Å². The first-order valence-corrected chi connectivity index (χ1v) is 4.01. The van der Waals surface area contributed by atoms with Crippen LogP contribution in [0.15, 0.2) is 0 Å². The lowest BCUT2D eigenvalue weighted by Gasteiger charge is -2.27. The number of aldehydes is 1. The van der Waals surface area contributed by atoms with Crippen LogP contribution >= 0.6 is 0 Å². The largest absolute Gasteiger partial charge is 0.352 e. The Morgan fingerprint density at radius 1 is 1.55 bits per heavy atom. The Balaban J connectivity index is 2.26. The fourth-order valence-corrected chi connectivity index (χ4v) is 1.10. The highest BCUT2D eigenvalue weighted by Crippen LogP contribution is 2.15. The molecule has 0 amide bonds. The van der Waals surface area contributed by atoms with Crippen molar-refractivity contribution in [1.82, 2.24) is 0 Å². The Bertz CT molecular complexity index is 119. The molecule has 1 saturated heterocycles. The number of rotatable bonds is 3. The number of hydrogen-bond donors (Lipinski definition) is 0. The summed E-state index contributed by atoms with van der Waals surface area (Å²) in [5.41, 5.74) is 0. The summed E-state index contributed by atoms with van der Waals surface area (Å²) in [6.45, 7) is 3.48. The normalized spacial score (nSPS) is 23.0. The molecule has 0 saturated carbocycles. The van der Waals surface area contributed by atoms with E-state index in [2.05, 4.69) is 0 Å². The molecule has 1 aliphatic heterocycles. The highest BCUT2D eigenvalue weighted by molar-refractivity contribution is 5.49. The van der Waals surface area contributed by atoms with Gasteiger partial charge in [-0.3, -0.25) is 0 Å². The van der Waals surface area contributed by atoms with Crippen molar-refractivity contribution in [2.45, 2.75) is 26.1 Å². The van der Waals surface area contributed by atoms with Crippen molar-refractivity contribution in [2.75, 3.05) is 13.2 Å². The van der Waals surface area contributed by atoms with E-state index in [1.807, 2.05) is 6.92 Å². The van der Waals surface area contributed by atoms with Crippen LogP contribution in [0.25, 0.3) is 0 Å². The minimum absolute atomic E-state index is 0.158. The second-order valence-corrected chi connectivity index (χ2v) is 2.84. The molecule has 0 N–H and O–H groups in total. The van der Waals surface area contributed by atoms with Crippen LogP contribution in [0.3, 0.4) is 0 Å². The molecule has 1 aliphatic rings. The van der Waals surface area contributed by atoms with Crippen molar-refractivity contribution in [2.24, 2.45) is 5.92 Å². The molecule has 11 heavy (non-hydrogen) atoms.